The van der Waals surface area contributed by atoms with Gasteiger partial charge in [-0.25, -0.2) is 4.79 Å². The van der Waals surface area contributed by atoms with Gasteiger partial charge in [-0.1, -0.05) is 12.1 Å². The topological polar surface area (TPSA) is 67.2 Å². The molecular weight excluding hydrogens is 464 g/mol. The molecule has 0 fully saturated rings. The summed E-state index contributed by atoms with van der Waals surface area (Å²) in [6.45, 7) is 1.59. The third-order valence-electron chi connectivity index (χ3n) is 3.25. The SMILES string of the molecule is Cc1cc(Cn2cc(I)c(C(F)(F)C(F)(F)F)n2)ccc1NC(=O)O. The fourth-order valence-corrected chi connectivity index (χ4v) is 2.86. The Morgan fingerprint density at radius 1 is 1.32 bits per heavy atom. The van der Waals surface area contributed by atoms with Crippen LogP contribution in [0.4, 0.5) is 32.4 Å². The van der Waals surface area contributed by atoms with E-state index in [9.17, 15) is 26.7 Å². The van der Waals surface area contributed by atoms with Crippen LogP contribution in [-0.2, 0) is 12.5 Å². The number of aryl methyl sites for hydroxylation is 1. The number of carbonyl (C=O) groups is 1. The van der Waals surface area contributed by atoms with Crippen molar-refractivity contribution in [1.82, 2.24) is 9.78 Å². The number of rotatable bonds is 4. The monoisotopic (exact) mass is 475 g/mol. The maximum Gasteiger partial charge on any atom is 0.459 e. The average Bonchev–Trinajstić information content (AvgIpc) is 2.81. The number of nitrogens with one attached hydrogen (secondary N) is 1. The van der Waals surface area contributed by atoms with Gasteiger partial charge in [0.05, 0.1) is 10.1 Å². The van der Waals surface area contributed by atoms with Crippen molar-refractivity contribution in [1.29, 1.82) is 0 Å². The molecule has 0 saturated heterocycles. The third kappa shape index (κ3) is 4.19. The average molecular weight is 475 g/mol. The van der Waals surface area contributed by atoms with Crippen LogP contribution in [0.2, 0.25) is 0 Å². The second kappa shape index (κ2) is 6.77. The molecule has 136 valence electrons. The second-order valence-corrected chi connectivity index (χ2v) is 6.34. The minimum absolute atomic E-state index is 0.0435. The summed E-state index contributed by atoms with van der Waals surface area (Å²) in [5.74, 6) is -5.04. The Kier molecular flexibility index (Phi) is 5.25. The van der Waals surface area contributed by atoms with E-state index in [1.54, 1.807) is 13.0 Å². The van der Waals surface area contributed by atoms with Gasteiger partial charge in [0, 0.05) is 11.9 Å². The normalized spacial score (nSPS) is 12.3. The number of hydrogen-bond acceptors (Lipinski definition) is 2. The lowest BCUT2D eigenvalue weighted by atomic mass is 10.1. The van der Waals surface area contributed by atoms with Crippen molar-refractivity contribution >= 4 is 34.4 Å². The fourth-order valence-electron chi connectivity index (χ4n) is 2.09. The van der Waals surface area contributed by atoms with E-state index in [-0.39, 0.29) is 10.1 Å². The van der Waals surface area contributed by atoms with Gasteiger partial charge < -0.3 is 5.11 Å². The molecule has 25 heavy (non-hydrogen) atoms. The predicted molar refractivity (Wildman–Crippen MR) is 86.8 cm³/mol. The molecule has 5 nitrogen and oxygen atoms in total. The summed E-state index contributed by atoms with van der Waals surface area (Å²) < 4.78 is 65.0. The van der Waals surface area contributed by atoms with Crippen LogP contribution in [0.15, 0.2) is 24.4 Å². The second-order valence-electron chi connectivity index (χ2n) is 5.17. The van der Waals surface area contributed by atoms with Crippen molar-refractivity contribution in [2.45, 2.75) is 25.6 Å². The molecule has 2 aromatic rings. The molecule has 2 rings (SSSR count). The summed E-state index contributed by atoms with van der Waals surface area (Å²) in [5, 5.41) is 14.2. The van der Waals surface area contributed by atoms with Gasteiger partial charge in [-0.3, -0.25) is 10.00 Å². The van der Waals surface area contributed by atoms with Crippen molar-refractivity contribution < 1.29 is 31.9 Å². The standard InChI is InChI=1S/C14H11F5IN3O2/c1-7-4-8(2-3-10(7)21-12(24)25)5-23-6-9(20)11(22-23)13(15,16)14(17,18)19/h2-4,6,21H,5H2,1H3,(H,24,25). The molecule has 0 aliphatic heterocycles. The number of amides is 1. The van der Waals surface area contributed by atoms with Gasteiger partial charge in [0.1, 0.15) is 0 Å². The Labute approximate surface area is 152 Å². The first kappa shape index (κ1) is 19.4. The summed E-state index contributed by atoms with van der Waals surface area (Å²) in [6, 6.07) is 4.58. The number of anilines is 1. The molecule has 0 aliphatic rings. The molecular formula is C14H11F5IN3O2. The summed E-state index contributed by atoms with van der Waals surface area (Å²) in [4.78, 5) is 10.6. The Morgan fingerprint density at radius 3 is 2.48 bits per heavy atom. The van der Waals surface area contributed by atoms with Gasteiger partial charge in [0.25, 0.3) is 0 Å². The Hall–Kier alpha value is -1.92. The molecule has 0 unspecified atom stereocenters. The highest BCUT2D eigenvalue weighted by Crippen LogP contribution is 2.44. The fraction of sp³-hybridized carbons (Fsp3) is 0.286. The molecule has 2 N–H and O–H groups in total. The van der Waals surface area contributed by atoms with E-state index in [0.717, 1.165) is 10.9 Å². The van der Waals surface area contributed by atoms with Gasteiger partial charge in [-0.2, -0.15) is 27.1 Å². The Balaban J connectivity index is 2.27. The molecule has 0 saturated carbocycles. The first-order valence-corrected chi connectivity index (χ1v) is 7.77. The number of alkyl halides is 5. The first-order valence-electron chi connectivity index (χ1n) is 6.69. The molecule has 1 aromatic carbocycles. The van der Waals surface area contributed by atoms with Crippen molar-refractivity contribution in [2.75, 3.05) is 5.32 Å². The van der Waals surface area contributed by atoms with Gasteiger partial charge in [0.2, 0.25) is 0 Å². The maximum atomic E-state index is 13.4. The molecule has 1 aromatic heterocycles. The summed E-state index contributed by atoms with van der Waals surface area (Å²) in [7, 11) is 0. The summed E-state index contributed by atoms with van der Waals surface area (Å²) in [6.07, 6.45) is -5.88. The lowest BCUT2D eigenvalue weighted by Gasteiger charge is -2.17. The van der Waals surface area contributed by atoms with E-state index in [0.29, 0.717) is 16.8 Å². The molecule has 1 heterocycles. The van der Waals surface area contributed by atoms with E-state index in [2.05, 4.69) is 10.4 Å². The van der Waals surface area contributed by atoms with Crippen LogP contribution in [0.3, 0.4) is 0 Å². The summed E-state index contributed by atoms with van der Waals surface area (Å²) >= 11 is 1.38. The number of hydrogen-bond donors (Lipinski definition) is 2. The molecule has 1 amide bonds. The summed E-state index contributed by atoms with van der Waals surface area (Å²) in [5.41, 5.74) is 0.133. The number of carboxylic acid groups (broad SMARTS) is 1. The van der Waals surface area contributed by atoms with Crippen LogP contribution in [0.1, 0.15) is 16.8 Å². The van der Waals surface area contributed by atoms with Gasteiger partial charge in [-0.15, -0.1) is 0 Å². The van der Waals surface area contributed by atoms with Crippen LogP contribution < -0.4 is 5.32 Å². The van der Waals surface area contributed by atoms with Gasteiger partial charge in [0.15, 0.2) is 5.69 Å². The predicted octanol–water partition coefficient (Wildman–Crippen LogP) is 4.59. The first-order chi connectivity index (χ1) is 11.4. The van der Waals surface area contributed by atoms with Crippen molar-refractivity contribution in [2.24, 2.45) is 0 Å². The van der Waals surface area contributed by atoms with Crippen LogP contribution in [0.5, 0.6) is 0 Å². The zero-order chi connectivity index (χ0) is 19.0. The van der Waals surface area contributed by atoms with E-state index < -0.39 is 23.9 Å². The smallest absolute Gasteiger partial charge is 0.459 e. The van der Waals surface area contributed by atoms with Gasteiger partial charge >= 0.3 is 18.2 Å². The van der Waals surface area contributed by atoms with Crippen LogP contribution in [0.25, 0.3) is 0 Å². The van der Waals surface area contributed by atoms with Crippen molar-refractivity contribution in [3.05, 3.63) is 44.8 Å². The Bertz CT molecular complexity index is 804. The number of aromatic nitrogens is 2. The molecule has 11 heteroatoms. The van der Waals surface area contributed by atoms with Crippen LogP contribution in [0, 0.1) is 10.5 Å². The molecule has 0 aliphatic carbocycles. The highest BCUT2D eigenvalue weighted by atomic mass is 127. The number of nitrogens with zero attached hydrogens (tertiary/aromatic N) is 2. The minimum Gasteiger partial charge on any atom is -0.465 e. The highest BCUT2D eigenvalue weighted by Gasteiger charge is 2.61. The van der Waals surface area contributed by atoms with E-state index in [4.69, 9.17) is 5.11 Å². The number of benzene rings is 1. The van der Waals surface area contributed by atoms with E-state index in [1.165, 1.54) is 34.7 Å². The zero-order valence-electron chi connectivity index (χ0n) is 12.5. The lowest BCUT2D eigenvalue weighted by molar-refractivity contribution is -0.291. The molecule has 0 radical (unpaired) electrons. The number of halogens is 6. The van der Waals surface area contributed by atoms with E-state index >= 15 is 0 Å². The zero-order valence-corrected chi connectivity index (χ0v) is 14.7. The van der Waals surface area contributed by atoms with Gasteiger partial charge in [-0.05, 0) is 46.7 Å². The Morgan fingerprint density at radius 2 is 1.96 bits per heavy atom. The van der Waals surface area contributed by atoms with Crippen LogP contribution >= 0.6 is 22.6 Å². The van der Waals surface area contributed by atoms with Crippen molar-refractivity contribution in [3.8, 4) is 0 Å². The largest absolute Gasteiger partial charge is 0.465 e. The quantitative estimate of drug-likeness (QED) is 0.503. The maximum absolute atomic E-state index is 13.4. The molecule has 0 atom stereocenters. The molecule has 0 bridgehead atoms. The molecule has 0 spiro atoms. The van der Waals surface area contributed by atoms with Crippen LogP contribution in [-0.4, -0.2) is 27.2 Å². The minimum atomic E-state index is -5.73. The van der Waals surface area contributed by atoms with E-state index in [1.807, 2.05) is 0 Å². The van der Waals surface area contributed by atoms with Crippen molar-refractivity contribution in [3.63, 3.8) is 0 Å². The third-order valence-corrected chi connectivity index (χ3v) is 4.04. The highest BCUT2D eigenvalue weighted by molar-refractivity contribution is 14.1. The lowest BCUT2D eigenvalue weighted by Crippen LogP contribution is -2.34.